The van der Waals surface area contributed by atoms with E-state index < -0.39 is 12.1 Å². The Bertz CT molecular complexity index is 794. The number of imide groups is 1. The van der Waals surface area contributed by atoms with Gasteiger partial charge in [0.25, 0.3) is 5.91 Å². The third kappa shape index (κ3) is 3.65. The van der Waals surface area contributed by atoms with Crippen LogP contribution in [0.5, 0.6) is 0 Å². The van der Waals surface area contributed by atoms with Crippen LogP contribution in [0.25, 0.3) is 0 Å². The number of nitrogens with one attached hydrogen (secondary N) is 1. The number of nitrogens with two attached hydrogens (primary N) is 1. The van der Waals surface area contributed by atoms with Gasteiger partial charge in [0.05, 0.1) is 6.54 Å². The zero-order chi connectivity index (χ0) is 18.0. The topological polar surface area (TPSA) is 117 Å². The number of rotatable bonds is 5. The predicted octanol–water partition coefficient (Wildman–Crippen LogP) is 0.183. The molecule has 1 saturated heterocycles. The molecule has 3 amide bonds. The van der Waals surface area contributed by atoms with Gasteiger partial charge in [0.2, 0.25) is 11.9 Å². The van der Waals surface area contributed by atoms with Crippen LogP contribution in [0.4, 0.5) is 16.7 Å². The lowest BCUT2D eigenvalue weighted by Crippen LogP contribution is -2.33. The Morgan fingerprint density at radius 1 is 1.16 bits per heavy atom. The van der Waals surface area contributed by atoms with Crippen molar-refractivity contribution in [2.75, 3.05) is 24.7 Å². The van der Waals surface area contributed by atoms with E-state index in [-0.39, 0.29) is 24.2 Å². The predicted molar refractivity (Wildman–Crippen MR) is 91.6 cm³/mol. The summed E-state index contributed by atoms with van der Waals surface area (Å²) in [6.07, 6.45) is 0.435. The Labute approximate surface area is 144 Å². The maximum atomic E-state index is 12.6. The highest BCUT2D eigenvalue weighted by Crippen LogP contribution is 2.15. The standard InChI is InChI=1S/C16H19N7O2/c1-22(2)15-20-12(19-14(17)21-15)9-23-13(24)11(18-16(23)25)8-10-6-4-3-5-7-10/h3-7,11H,8-9H2,1-2H3,(H,18,25)(H2,17,19,20,21)/t11-/m1/s1. The molecule has 9 heteroatoms. The van der Waals surface area contributed by atoms with Gasteiger partial charge in [0, 0.05) is 20.5 Å². The molecule has 25 heavy (non-hydrogen) atoms. The number of carbonyl (C=O) groups is 2. The normalized spacial score (nSPS) is 16.9. The van der Waals surface area contributed by atoms with Crippen molar-refractivity contribution in [2.45, 2.75) is 19.0 Å². The molecule has 0 radical (unpaired) electrons. The molecule has 1 aliphatic heterocycles. The summed E-state index contributed by atoms with van der Waals surface area (Å²) in [5.74, 6) is 0.372. The fourth-order valence-corrected chi connectivity index (χ4v) is 2.55. The van der Waals surface area contributed by atoms with E-state index in [0.29, 0.717) is 12.4 Å². The van der Waals surface area contributed by atoms with Gasteiger partial charge in [-0.05, 0) is 5.56 Å². The van der Waals surface area contributed by atoms with Gasteiger partial charge in [0.15, 0.2) is 5.82 Å². The lowest BCUT2D eigenvalue weighted by atomic mass is 10.1. The minimum Gasteiger partial charge on any atom is -0.368 e. The minimum atomic E-state index is -0.595. The maximum Gasteiger partial charge on any atom is 0.325 e. The molecule has 1 aliphatic rings. The number of urea groups is 1. The van der Waals surface area contributed by atoms with E-state index in [1.165, 1.54) is 0 Å². The van der Waals surface area contributed by atoms with E-state index in [0.717, 1.165) is 10.5 Å². The zero-order valence-electron chi connectivity index (χ0n) is 14.0. The average Bonchev–Trinajstić information content (AvgIpc) is 2.83. The van der Waals surface area contributed by atoms with Crippen LogP contribution in [-0.2, 0) is 17.8 Å². The van der Waals surface area contributed by atoms with Crippen molar-refractivity contribution in [1.29, 1.82) is 0 Å². The Morgan fingerprint density at radius 2 is 1.88 bits per heavy atom. The molecule has 9 nitrogen and oxygen atoms in total. The lowest BCUT2D eigenvalue weighted by molar-refractivity contribution is -0.127. The lowest BCUT2D eigenvalue weighted by Gasteiger charge is -2.15. The highest BCUT2D eigenvalue weighted by molar-refractivity contribution is 6.04. The first-order valence-corrected chi connectivity index (χ1v) is 7.77. The summed E-state index contributed by atoms with van der Waals surface area (Å²) in [5, 5.41) is 2.70. The van der Waals surface area contributed by atoms with Crippen molar-refractivity contribution >= 4 is 23.8 Å². The zero-order valence-corrected chi connectivity index (χ0v) is 14.0. The molecule has 1 fully saturated rings. The molecule has 0 saturated carbocycles. The van der Waals surface area contributed by atoms with Gasteiger partial charge < -0.3 is 16.0 Å². The van der Waals surface area contributed by atoms with Crippen LogP contribution >= 0.6 is 0 Å². The molecule has 3 N–H and O–H groups in total. The summed E-state index contributed by atoms with van der Waals surface area (Å²) in [5.41, 5.74) is 6.65. The Kier molecular flexibility index (Phi) is 4.46. The van der Waals surface area contributed by atoms with Crippen molar-refractivity contribution in [3.05, 3.63) is 41.7 Å². The van der Waals surface area contributed by atoms with E-state index in [1.807, 2.05) is 30.3 Å². The molecule has 2 heterocycles. The van der Waals surface area contributed by atoms with E-state index in [4.69, 9.17) is 5.73 Å². The summed E-state index contributed by atoms with van der Waals surface area (Å²) < 4.78 is 0. The summed E-state index contributed by atoms with van der Waals surface area (Å²) in [6, 6.07) is 8.46. The van der Waals surface area contributed by atoms with Crippen molar-refractivity contribution in [1.82, 2.24) is 25.2 Å². The number of nitrogens with zero attached hydrogens (tertiary/aromatic N) is 5. The molecule has 0 bridgehead atoms. The molecule has 1 atom stereocenters. The van der Waals surface area contributed by atoms with E-state index in [1.54, 1.807) is 19.0 Å². The van der Waals surface area contributed by atoms with Crippen molar-refractivity contribution in [3.63, 3.8) is 0 Å². The number of carbonyl (C=O) groups excluding carboxylic acids is 2. The third-order valence-electron chi connectivity index (χ3n) is 3.78. The summed E-state index contributed by atoms with van der Waals surface area (Å²) in [7, 11) is 3.53. The Balaban J connectivity index is 1.75. The molecule has 0 aliphatic carbocycles. The molecule has 0 unspecified atom stereocenters. The number of hydrogen-bond donors (Lipinski definition) is 2. The second-order valence-electron chi connectivity index (χ2n) is 5.92. The SMILES string of the molecule is CN(C)c1nc(N)nc(CN2C(=O)N[C@H](Cc3ccccc3)C2=O)n1. The van der Waals surface area contributed by atoms with Gasteiger partial charge in [-0.3, -0.25) is 9.69 Å². The van der Waals surface area contributed by atoms with Crippen molar-refractivity contribution in [2.24, 2.45) is 0 Å². The highest BCUT2D eigenvalue weighted by atomic mass is 16.2. The fraction of sp³-hybridized carbons (Fsp3) is 0.312. The van der Waals surface area contributed by atoms with Crippen molar-refractivity contribution in [3.8, 4) is 0 Å². The largest absolute Gasteiger partial charge is 0.368 e. The maximum absolute atomic E-state index is 12.6. The van der Waals surface area contributed by atoms with E-state index in [9.17, 15) is 9.59 Å². The molecule has 1 aromatic carbocycles. The number of aromatic nitrogens is 3. The molecule has 2 aromatic rings. The van der Waals surface area contributed by atoms with Crippen LogP contribution in [0, 0.1) is 0 Å². The van der Waals surface area contributed by atoms with Crippen LogP contribution in [0.2, 0.25) is 0 Å². The Morgan fingerprint density at radius 3 is 2.56 bits per heavy atom. The number of amides is 3. The summed E-state index contributed by atoms with van der Waals surface area (Å²) in [6.45, 7) is -0.0521. The monoisotopic (exact) mass is 341 g/mol. The highest BCUT2D eigenvalue weighted by Gasteiger charge is 2.38. The molecule has 0 spiro atoms. The summed E-state index contributed by atoms with van der Waals surface area (Å²) >= 11 is 0. The molecular formula is C16H19N7O2. The number of hydrogen-bond acceptors (Lipinski definition) is 7. The molecule has 3 rings (SSSR count). The van der Waals surface area contributed by atoms with Crippen LogP contribution in [-0.4, -0.2) is 51.9 Å². The first-order chi connectivity index (χ1) is 11.9. The van der Waals surface area contributed by atoms with E-state index >= 15 is 0 Å². The number of anilines is 2. The van der Waals surface area contributed by atoms with Crippen LogP contribution in [0.1, 0.15) is 11.4 Å². The first kappa shape index (κ1) is 16.6. The van der Waals surface area contributed by atoms with Gasteiger partial charge in [-0.2, -0.15) is 15.0 Å². The smallest absolute Gasteiger partial charge is 0.325 e. The van der Waals surface area contributed by atoms with Gasteiger partial charge in [-0.1, -0.05) is 30.3 Å². The van der Waals surface area contributed by atoms with Crippen LogP contribution in [0.15, 0.2) is 30.3 Å². The van der Waals surface area contributed by atoms with Gasteiger partial charge >= 0.3 is 6.03 Å². The van der Waals surface area contributed by atoms with Gasteiger partial charge in [0.1, 0.15) is 6.04 Å². The molecule has 1 aromatic heterocycles. The van der Waals surface area contributed by atoms with Gasteiger partial charge in [-0.15, -0.1) is 0 Å². The second-order valence-corrected chi connectivity index (χ2v) is 5.92. The quantitative estimate of drug-likeness (QED) is 0.745. The number of nitrogen functional groups attached to an aromatic ring is 1. The molecule has 130 valence electrons. The summed E-state index contributed by atoms with van der Waals surface area (Å²) in [4.78, 5) is 39.7. The Hall–Kier alpha value is -3.23. The van der Waals surface area contributed by atoms with E-state index in [2.05, 4.69) is 20.3 Å². The minimum absolute atomic E-state index is 0.0431. The third-order valence-corrected chi connectivity index (χ3v) is 3.78. The fourth-order valence-electron chi connectivity index (χ4n) is 2.55. The average molecular weight is 341 g/mol. The second kappa shape index (κ2) is 6.71. The van der Waals surface area contributed by atoms with Crippen LogP contribution < -0.4 is 16.0 Å². The first-order valence-electron chi connectivity index (χ1n) is 7.77. The van der Waals surface area contributed by atoms with Crippen LogP contribution in [0.3, 0.4) is 0 Å². The van der Waals surface area contributed by atoms with Gasteiger partial charge in [-0.25, -0.2) is 4.79 Å². The molecular weight excluding hydrogens is 322 g/mol. The number of benzene rings is 1. The van der Waals surface area contributed by atoms with Crippen molar-refractivity contribution < 1.29 is 9.59 Å².